The first-order valence-electron chi connectivity index (χ1n) is 8.03. The van der Waals surface area contributed by atoms with E-state index in [4.69, 9.17) is 4.74 Å². The number of ether oxygens (including phenoxy) is 1. The Morgan fingerprint density at radius 3 is 2.33 bits per heavy atom. The summed E-state index contributed by atoms with van der Waals surface area (Å²) in [6.07, 6.45) is 1.07. The van der Waals surface area contributed by atoms with Crippen molar-refractivity contribution in [3.8, 4) is 5.75 Å². The molecule has 2 aromatic rings. The van der Waals surface area contributed by atoms with Gasteiger partial charge >= 0.3 is 0 Å². The predicted molar refractivity (Wildman–Crippen MR) is 98.3 cm³/mol. The molecule has 0 spiro atoms. The zero-order valence-electron chi connectivity index (χ0n) is 14.9. The van der Waals surface area contributed by atoms with Crippen molar-refractivity contribution in [3.05, 3.63) is 59.7 Å². The molecule has 0 atom stereocenters. The number of rotatable bonds is 8. The van der Waals surface area contributed by atoms with E-state index >= 15 is 0 Å². The van der Waals surface area contributed by atoms with Crippen molar-refractivity contribution in [2.24, 2.45) is 0 Å². The van der Waals surface area contributed by atoms with Gasteiger partial charge in [-0.1, -0.05) is 12.1 Å². The molecular weight excluding hydrogens is 378 g/mol. The van der Waals surface area contributed by atoms with Gasteiger partial charge < -0.3 is 10.1 Å². The van der Waals surface area contributed by atoms with Crippen LogP contribution in [0.4, 0.5) is 14.5 Å². The van der Waals surface area contributed by atoms with Gasteiger partial charge in [-0.05, 0) is 29.8 Å². The fourth-order valence-electron chi connectivity index (χ4n) is 2.41. The largest absolute Gasteiger partial charge is 0.497 e. The second kappa shape index (κ2) is 8.81. The van der Waals surface area contributed by atoms with Gasteiger partial charge in [-0.25, -0.2) is 17.2 Å². The van der Waals surface area contributed by atoms with E-state index in [0.29, 0.717) is 5.75 Å². The lowest BCUT2D eigenvalue weighted by atomic mass is 10.1. The summed E-state index contributed by atoms with van der Waals surface area (Å²) in [6.45, 7) is -0.0979. The molecule has 0 saturated heterocycles. The fourth-order valence-corrected chi connectivity index (χ4v) is 3.33. The summed E-state index contributed by atoms with van der Waals surface area (Å²) in [4.78, 5) is 12.0. The first-order chi connectivity index (χ1) is 12.7. The first kappa shape index (κ1) is 20.6. The summed E-state index contributed by atoms with van der Waals surface area (Å²) in [7, 11) is -2.19. The minimum atomic E-state index is -3.73. The van der Waals surface area contributed by atoms with E-state index in [2.05, 4.69) is 5.32 Å². The predicted octanol–water partition coefficient (Wildman–Crippen LogP) is 2.10. The van der Waals surface area contributed by atoms with Crippen molar-refractivity contribution in [2.75, 3.05) is 30.8 Å². The van der Waals surface area contributed by atoms with Crippen molar-refractivity contribution in [1.29, 1.82) is 0 Å². The van der Waals surface area contributed by atoms with E-state index in [-0.39, 0.29) is 31.1 Å². The Morgan fingerprint density at radius 1 is 1.11 bits per heavy atom. The van der Waals surface area contributed by atoms with Crippen LogP contribution in [0.1, 0.15) is 5.56 Å². The summed E-state index contributed by atoms with van der Waals surface area (Å²) >= 11 is 0. The molecule has 0 aliphatic carbocycles. The van der Waals surface area contributed by atoms with Crippen LogP contribution in [0.25, 0.3) is 0 Å². The highest BCUT2D eigenvalue weighted by atomic mass is 32.2. The third kappa shape index (κ3) is 5.92. The summed E-state index contributed by atoms with van der Waals surface area (Å²) in [5.74, 6) is -1.84. The number of amides is 1. The second-order valence-corrected chi connectivity index (χ2v) is 7.72. The lowest BCUT2D eigenvalue weighted by Crippen LogP contribution is -2.38. The van der Waals surface area contributed by atoms with Crippen LogP contribution in [-0.2, 0) is 21.2 Å². The molecule has 27 heavy (non-hydrogen) atoms. The Balaban J connectivity index is 1.96. The van der Waals surface area contributed by atoms with Gasteiger partial charge in [0.1, 0.15) is 5.75 Å². The van der Waals surface area contributed by atoms with Gasteiger partial charge in [0.25, 0.3) is 0 Å². The van der Waals surface area contributed by atoms with Crippen LogP contribution in [0, 0.1) is 11.6 Å². The molecule has 0 aromatic heterocycles. The van der Waals surface area contributed by atoms with Crippen LogP contribution in [0.2, 0.25) is 0 Å². The molecule has 0 fully saturated rings. The van der Waals surface area contributed by atoms with Crippen LogP contribution < -0.4 is 14.4 Å². The smallest absolute Gasteiger partial charge is 0.232 e. The van der Waals surface area contributed by atoms with Crippen molar-refractivity contribution in [3.63, 3.8) is 0 Å². The number of carbonyl (C=O) groups is 1. The minimum absolute atomic E-state index is 0.0131. The van der Waals surface area contributed by atoms with Gasteiger partial charge in [0, 0.05) is 12.6 Å². The molecule has 0 aliphatic heterocycles. The molecule has 146 valence electrons. The van der Waals surface area contributed by atoms with Crippen LogP contribution in [0.15, 0.2) is 42.5 Å². The number of hydrogen-bond acceptors (Lipinski definition) is 4. The average molecular weight is 398 g/mol. The summed E-state index contributed by atoms with van der Waals surface area (Å²) in [5.41, 5.74) is 0.759. The number of hydrogen-bond donors (Lipinski definition) is 1. The standard InChI is InChI=1S/C18H20F2N2O4S/c1-26-15-6-3-13(4-7-15)11-18(23)21-9-10-22(27(2,24)25)14-5-8-16(19)17(20)12-14/h3-8,12H,9-11H2,1-2H3,(H,21,23). The van der Waals surface area contributed by atoms with Gasteiger partial charge in [0.2, 0.25) is 15.9 Å². The Bertz CT molecular complexity index is 902. The number of anilines is 1. The van der Waals surface area contributed by atoms with Gasteiger partial charge in [-0.2, -0.15) is 0 Å². The fraction of sp³-hybridized carbons (Fsp3) is 0.278. The highest BCUT2D eigenvalue weighted by Gasteiger charge is 2.19. The number of sulfonamides is 1. The maximum atomic E-state index is 13.4. The van der Waals surface area contributed by atoms with Gasteiger partial charge in [0.15, 0.2) is 11.6 Å². The van der Waals surface area contributed by atoms with Crippen LogP contribution in [0.5, 0.6) is 5.75 Å². The molecule has 0 radical (unpaired) electrons. The van der Waals surface area contributed by atoms with Gasteiger partial charge in [-0.3, -0.25) is 9.10 Å². The zero-order chi connectivity index (χ0) is 20.0. The molecule has 1 amide bonds. The molecule has 9 heteroatoms. The van der Waals surface area contributed by atoms with Gasteiger partial charge in [0.05, 0.1) is 32.0 Å². The summed E-state index contributed by atoms with van der Waals surface area (Å²) < 4.78 is 56.3. The van der Waals surface area contributed by atoms with E-state index in [1.165, 1.54) is 6.07 Å². The number of nitrogens with one attached hydrogen (secondary N) is 1. The van der Waals surface area contributed by atoms with Gasteiger partial charge in [-0.15, -0.1) is 0 Å². The lowest BCUT2D eigenvalue weighted by molar-refractivity contribution is -0.120. The quantitative estimate of drug-likeness (QED) is 0.739. The summed E-state index contributed by atoms with van der Waals surface area (Å²) in [6, 6.07) is 9.79. The number of nitrogens with zero attached hydrogens (tertiary/aromatic N) is 1. The number of benzene rings is 2. The highest BCUT2D eigenvalue weighted by Crippen LogP contribution is 2.20. The molecule has 0 aliphatic rings. The highest BCUT2D eigenvalue weighted by molar-refractivity contribution is 7.92. The molecule has 0 heterocycles. The van der Waals surface area contributed by atoms with E-state index in [9.17, 15) is 22.0 Å². The molecule has 1 N–H and O–H groups in total. The molecular formula is C18H20F2N2O4S. The minimum Gasteiger partial charge on any atom is -0.497 e. The van der Waals surface area contributed by atoms with E-state index < -0.39 is 21.7 Å². The zero-order valence-corrected chi connectivity index (χ0v) is 15.7. The normalized spacial score (nSPS) is 11.1. The Morgan fingerprint density at radius 2 is 1.78 bits per heavy atom. The maximum Gasteiger partial charge on any atom is 0.232 e. The van der Waals surface area contributed by atoms with Crippen molar-refractivity contribution >= 4 is 21.6 Å². The van der Waals surface area contributed by atoms with Crippen molar-refractivity contribution < 1.29 is 26.7 Å². The van der Waals surface area contributed by atoms with E-state index in [0.717, 1.165) is 28.3 Å². The molecule has 2 rings (SSSR count). The first-order valence-corrected chi connectivity index (χ1v) is 9.88. The molecule has 2 aromatic carbocycles. The molecule has 0 saturated carbocycles. The Labute approximate surface area is 156 Å². The molecule has 0 bridgehead atoms. The third-order valence-corrected chi connectivity index (χ3v) is 4.95. The SMILES string of the molecule is COc1ccc(CC(=O)NCCN(c2ccc(F)c(F)c2)S(C)(=O)=O)cc1. The second-order valence-electron chi connectivity index (χ2n) is 5.81. The number of methoxy groups -OCH3 is 1. The van der Waals surface area contributed by atoms with E-state index in [1.807, 2.05) is 0 Å². The summed E-state index contributed by atoms with van der Waals surface area (Å²) in [5, 5.41) is 2.61. The third-order valence-electron chi connectivity index (χ3n) is 3.75. The molecule has 0 unspecified atom stereocenters. The average Bonchev–Trinajstić information content (AvgIpc) is 2.61. The van der Waals surface area contributed by atoms with Crippen molar-refractivity contribution in [2.45, 2.75) is 6.42 Å². The van der Waals surface area contributed by atoms with Crippen LogP contribution in [-0.4, -0.2) is 40.8 Å². The van der Waals surface area contributed by atoms with Crippen LogP contribution in [0.3, 0.4) is 0 Å². The Kier molecular flexibility index (Phi) is 6.73. The maximum absolute atomic E-state index is 13.4. The number of halogens is 2. The Hall–Kier alpha value is -2.68. The monoisotopic (exact) mass is 398 g/mol. The van der Waals surface area contributed by atoms with Crippen LogP contribution >= 0.6 is 0 Å². The molecule has 6 nitrogen and oxygen atoms in total. The number of carbonyl (C=O) groups excluding carboxylic acids is 1. The van der Waals surface area contributed by atoms with E-state index in [1.54, 1.807) is 31.4 Å². The topological polar surface area (TPSA) is 75.7 Å². The van der Waals surface area contributed by atoms with Crippen molar-refractivity contribution in [1.82, 2.24) is 5.32 Å². The lowest BCUT2D eigenvalue weighted by Gasteiger charge is -2.22.